The van der Waals surface area contributed by atoms with Crippen LogP contribution in [0, 0.1) is 6.92 Å². The molecule has 0 unspecified atom stereocenters. The van der Waals surface area contributed by atoms with Gasteiger partial charge in [-0.15, -0.1) is 0 Å². The molecule has 0 saturated heterocycles. The van der Waals surface area contributed by atoms with Crippen molar-refractivity contribution in [1.82, 2.24) is 20.0 Å². The lowest BCUT2D eigenvalue weighted by Gasteiger charge is -2.42. The van der Waals surface area contributed by atoms with Gasteiger partial charge < -0.3 is 10.4 Å². The number of hydrogen-bond acceptors (Lipinski definition) is 4. The summed E-state index contributed by atoms with van der Waals surface area (Å²) in [7, 11) is 0. The molecule has 0 aliphatic heterocycles. The van der Waals surface area contributed by atoms with Crippen LogP contribution >= 0.6 is 11.6 Å². The summed E-state index contributed by atoms with van der Waals surface area (Å²) < 4.78 is 1.71. The molecule has 0 atom stereocenters. The molecule has 1 aliphatic carbocycles. The van der Waals surface area contributed by atoms with Gasteiger partial charge in [0, 0.05) is 17.1 Å². The summed E-state index contributed by atoms with van der Waals surface area (Å²) in [5.74, 6) is -0.980. The molecule has 2 N–H and O–H groups in total. The molecule has 1 fully saturated rings. The second-order valence-electron chi connectivity index (χ2n) is 6.78. The lowest BCUT2D eigenvalue weighted by Crippen LogP contribution is -2.54. The van der Waals surface area contributed by atoms with E-state index < -0.39 is 5.97 Å². The maximum atomic E-state index is 12.6. The number of carboxylic acid groups (broad SMARTS) is 1. The number of likely N-dealkylation sites (N-methyl/N-ethyl adjacent to an activating group) is 1. The molecule has 8 heteroatoms. The predicted octanol–water partition coefficient (Wildman–Crippen LogP) is 2.50. The first-order chi connectivity index (χ1) is 12.9. The topological polar surface area (TPSA) is 87.5 Å². The van der Waals surface area contributed by atoms with Crippen LogP contribution in [-0.4, -0.2) is 56.8 Å². The summed E-state index contributed by atoms with van der Waals surface area (Å²) in [6.45, 7) is 4.52. The first-order valence-electron chi connectivity index (χ1n) is 8.96. The number of carbonyl (C=O) groups excluding carboxylic acids is 1. The fourth-order valence-electron chi connectivity index (χ4n) is 3.41. The van der Waals surface area contributed by atoms with Crippen molar-refractivity contribution in [2.24, 2.45) is 0 Å². The van der Waals surface area contributed by atoms with Crippen molar-refractivity contribution >= 4 is 23.5 Å². The van der Waals surface area contributed by atoms with Gasteiger partial charge >= 0.3 is 5.97 Å². The van der Waals surface area contributed by atoms with Crippen molar-refractivity contribution in [3.05, 3.63) is 46.7 Å². The molecular formula is C19H23ClN4O3. The summed E-state index contributed by atoms with van der Waals surface area (Å²) in [6.07, 6.45) is 3.09. The third-order valence-corrected chi connectivity index (χ3v) is 5.29. The molecule has 2 aromatic rings. The molecule has 27 heavy (non-hydrogen) atoms. The summed E-state index contributed by atoms with van der Waals surface area (Å²) in [4.78, 5) is 25.4. The molecule has 0 radical (unpaired) electrons. The van der Waals surface area contributed by atoms with Gasteiger partial charge in [-0.25, -0.2) is 4.68 Å². The fraction of sp³-hybridized carbons (Fsp3) is 0.421. The number of halogens is 1. The summed E-state index contributed by atoms with van der Waals surface area (Å²) in [5.41, 5.74) is 2.13. The zero-order valence-electron chi connectivity index (χ0n) is 15.4. The molecule has 144 valence electrons. The zero-order valence-corrected chi connectivity index (χ0v) is 16.1. The highest BCUT2D eigenvalue weighted by Gasteiger charge is 2.35. The first-order valence-corrected chi connectivity index (χ1v) is 9.34. The normalized spacial score (nSPS) is 19.0. The van der Waals surface area contributed by atoms with Gasteiger partial charge in [0.1, 0.15) is 0 Å². The van der Waals surface area contributed by atoms with Crippen molar-refractivity contribution in [2.45, 2.75) is 38.8 Å². The van der Waals surface area contributed by atoms with Crippen molar-refractivity contribution < 1.29 is 14.7 Å². The number of amides is 1. The van der Waals surface area contributed by atoms with Gasteiger partial charge in [0.05, 0.1) is 29.7 Å². The Kier molecular flexibility index (Phi) is 5.82. The Morgan fingerprint density at radius 2 is 2.00 bits per heavy atom. The van der Waals surface area contributed by atoms with E-state index in [1.807, 2.05) is 30.9 Å². The lowest BCUT2D eigenvalue weighted by molar-refractivity contribution is -0.139. The summed E-state index contributed by atoms with van der Waals surface area (Å²) in [5, 5.41) is 16.9. The Hall–Kier alpha value is -2.38. The average molecular weight is 391 g/mol. The molecule has 1 aromatic carbocycles. The van der Waals surface area contributed by atoms with Gasteiger partial charge in [0.25, 0.3) is 5.91 Å². The Balaban J connectivity index is 1.60. The van der Waals surface area contributed by atoms with Crippen LogP contribution in [0.5, 0.6) is 0 Å². The highest BCUT2D eigenvalue weighted by atomic mass is 35.5. The Labute approximate surface area is 162 Å². The van der Waals surface area contributed by atoms with Crippen molar-refractivity contribution in [2.75, 3.05) is 13.1 Å². The molecule has 1 aromatic heterocycles. The number of hydrogen-bond donors (Lipinski definition) is 2. The van der Waals surface area contributed by atoms with E-state index in [0.717, 1.165) is 24.2 Å². The number of nitrogens with zero attached hydrogens (tertiary/aromatic N) is 3. The minimum atomic E-state index is -0.824. The monoisotopic (exact) mass is 390 g/mol. The van der Waals surface area contributed by atoms with E-state index in [-0.39, 0.29) is 24.5 Å². The van der Waals surface area contributed by atoms with E-state index in [9.17, 15) is 9.59 Å². The van der Waals surface area contributed by atoms with Crippen LogP contribution in [0.1, 0.15) is 35.8 Å². The number of carboxylic acids is 1. The maximum absolute atomic E-state index is 12.6. The number of carbonyl (C=O) groups is 2. The van der Waals surface area contributed by atoms with Gasteiger partial charge in [-0.2, -0.15) is 5.10 Å². The second kappa shape index (κ2) is 8.10. The SMILES string of the molecule is CCN(CC(=O)O)C1CC(NC(=O)c2cnn(-c3ccc(Cl)cc3)c2C)C1. The highest BCUT2D eigenvalue weighted by molar-refractivity contribution is 6.30. The summed E-state index contributed by atoms with van der Waals surface area (Å²) in [6, 6.07) is 7.52. The third-order valence-electron chi connectivity index (χ3n) is 5.03. The van der Waals surface area contributed by atoms with E-state index in [4.69, 9.17) is 16.7 Å². The van der Waals surface area contributed by atoms with Crippen LogP contribution in [0.15, 0.2) is 30.5 Å². The van der Waals surface area contributed by atoms with Gasteiger partial charge in [-0.3, -0.25) is 14.5 Å². The van der Waals surface area contributed by atoms with Gasteiger partial charge in [-0.1, -0.05) is 18.5 Å². The van der Waals surface area contributed by atoms with Crippen LogP contribution in [0.2, 0.25) is 5.02 Å². The quantitative estimate of drug-likeness (QED) is 0.758. The minimum absolute atomic E-state index is 0.0365. The van der Waals surface area contributed by atoms with Crippen LogP contribution in [0.3, 0.4) is 0 Å². The molecule has 0 bridgehead atoms. The number of aromatic nitrogens is 2. The molecule has 3 rings (SSSR count). The average Bonchev–Trinajstić information content (AvgIpc) is 2.98. The predicted molar refractivity (Wildman–Crippen MR) is 102 cm³/mol. The van der Waals surface area contributed by atoms with Crippen molar-refractivity contribution in [3.63, 3.8) is 0 Å². The van der Waals surface area contributed by atoms with Crippen LogP contribution in [0.4, 0.5) is 0 Å². The molecule has 0 spiro atoms. The lowest BCUT2D eigenvalue weighted by atomic mass is 9.85. The van der Waals surface area contributed by atoms with E-state index in [0.29, 0.717) is 17.1 Å². The molecule has 1 aliphatic rings. The van der Waals surface area contributed by atoms with E-state index in [1.165, 1.54) is 0 Å². The Bertz CT molecular complexity index is 828. The molecule has 1 heterocycles. The van der Waals surface area contributed by atoms with Gasteiger partial charge in [0.2, 0.25) is 0 Å². The number of rotatable bonds is 7. The molecule has 1 amide bonds. The number of nitrogens with one attached hydrogen (secondary N) is 1. The Morgan fingerprint density at radius 1 is 1.33 bits per heavy atom. The largest absolute Gasteiger partial charge is 0.480 e. The van der Waals surface area contributed by atoms with Gasteiger partial charge in [0.15, 0.2) is 0 Å². The second-order valence-corrected chi connectivity index (χ2v) is 7.22. The molecule has 7 nitrogen and oxygen atoms in total. The number of aliphatic carboxylic acids is 1. The first kappa shape index (κ1) is 19.4. The highest BCUT2D eigenvalue weighted by Crippen LogP contribution is 2.26. The van der Waals surface area contributed by atoms with E-state index >= 15 is 0 Å². The number of benzene rings is 1. The van der Waals surface area contributed by atoms with E-state index in [1.54, 1.807) is 23.0 Å². The third kappa shape index (κ3) is 4.31. The molecule has 1 saturated carbocycles. The standard InChI is InChI=1S/C19H23ClN4O3/c1-3-23(11-18(25)26)16-8-14(9-16)22-19(27)17-10-21-24(12(17)2)15-6-4-13(20)5-7-15/h4-7,10,14,16H,3,8-9,11H2,1-2H3,(H,22,27)(H,25,26). The maximum Gasteiger partial charge on any atom is 0.317 e. The fourth-order valence-corrected chi connectivity index (χ4v) is 3.54. The van der Waals surface area contributed by atoms with E-state index in [2.05, 4.69) is 10.4 Å². The van der Waals surface area contributed by atoms with Crippen LogP contribution in [-0.2, 0) is 4.79 Å². The summed E-state index contributed by atoms with van der Waals surface area (Å²) >= 11 is 5.92. The van der Waals surface area contributed by atoms with Crippen LogP contribution in [0.25, 0.3) is 5.69 Å². The minimum Gasteiger partial charge on any atom is -0.480 e. The van der Waals surface area contributed by atoms with Crippen molar-refractivity contribution in [3.8, 4) is 5.69 Å². The van der Waals surface area contributed by atoms with Crippen molar-refractivity contribution in [1.29, 1.82) is 0 Å². The van der Waals surface area contributed by atoms with Crippen LogP contribution < -0.4 is 5.32 Å². The van der Waals surface area contributed by atoms with Gasteiger partial charge in [-0.05, 0) is 50.6 Å². The smallest absolute Gasteiger partial charge is 0.317 e. The molecular weight excluding hydrogens is 368 g/mol. The zero-order chi connectivity index (χ0) is 19.6. The Morgan fingerprint density at radius 3 is 2.59 bits per heavy atom.